The van der Waals surface area contributed by atoms with Gasteiger partial charge in [-0.15, -0.1) is 0 Å². The molecule has 0 aliphatic heterocycles. The van der Waals surface area contributed by atoms with Crippen LogP contribution in [0.3, 0.4) is 0 Å². The molecule has 1 aliphatic rings. The van der Waals surface area contributed by atoms with Gasteiger partial charge in [0.1, 0.15) is 11.5 Å². The fraction of sp³-hybridized carbons (Fsp3) is 0.333. The number of nitrogens with zero attached hydrogens (tertiary/aromatic N) is 3. The largest absolute Gasteiger partial charge is 0.451 e. The van der Waals surface area contributed by atoms with E-state index in [1.807, 2.05) is 0 Å². The topological polar surface area (TPSA) is 94.7 Å². The highest BCUT2D eigenvalue weighted by molar-refractivity contribution is 5.90. The zero-order chi connectivity index (χ0) is 19.6. The standard InChI is InChI=1S/C18H18FN3O5/c1-20-10-14(22(25)26)8-16(20)18(24)27-11-17(23)21(13-6-7-13)9-12-4-2-3-5-15(12)19/h2-5,8,10,13H,6-7,9,11H2,1H3. The van der Waals surface area contributed by atoms with Gasteiger partial charge in [0.25, 0.3) is 11.6 Å². The van der Waals surface area contributed by atoms with Crippen molar-refractivity contribution in [3.63, 3.8) is 0 Å². The third-order valence-electron chi connectivity index (χ3n) is 4.34. The molecule has 8 nitrogen and oxygen atoms in total. The molecule has 1 fully saturated rings. The van der Waals surface area contributed by atoms with Gasteiger partial charge in [-0.1, -0.05) is 18.2 Å². The SMILES string of the molecule is Cn1cc([N+](=O)[O-])cc1C(=O)OCC(=O)N(Cc1ccccc1F)C1CC1. The van der Waals surface area contributed by atoms with Crippen LogP contribution in [0.2, 0.25) is 0 Å². The summed E-state index contributed by atoms with van der Waals surface area (Å²) >= 11 is 0. The normalized spacial score (nSPS) is 13.3. The van der Waals surface area contributed by atoms with E-state index < -0.39 is 29.2 Å². The molecule has 0 atom stereocenters. The van der Waals surface area contributed by atoms with E-state index in [4.69, 9.17) is 4.74 Å². The van der Waals surface area contributed by atoms with E-state index in [9.17, 15) is 24.1 Å². The van der Waals surface area contributed by atoms with Crippen LogP contribution in [0.4, 0.5) is 10.1 Å². The van der Waals surface area contributed by atoms with E-state index >= 15 is 0 Å². The number of aromatic nitrogens is 1. The molecule has 1 heterocycles. The number of nitro groups is 1. The Hall–Kier alpha value is -3.23. The fourth-order valence-electron chi connectivity index (χ4n) is 2.75. The Morgan fingerprint density at radius 1 is 1.37 bits per heavy atom. The van der Waals surface area contributed by atoms with Crippen molar-refractivity contribution in [1.29, 1.82) is 0 Å². The smallest absolute Gasteiger partial charge is 0.355 e. The van der Waals surface area contributed by atoms with Crippen LogP contribution < -0.4 is 0 Å². The van der Waals surface area contributed by atoms with E-state index in [0.29, 0.717) is 5.56 Å². The number of rotatable bonds is 7. The zero-order valence-corrected chi connectivity index (χ0v) is 14.6. The molecule has 0 bridgehead atoms. The second kappa shape index (κ2) is 7.56. The van der Waals surface area contributed by atoms with Crippen LogP contribution in [0.25, 0.3) is 0 Å². The minimum Gasteiger partial charge on any atom is -0.451 e. The maximum Gasteiger partial charge on any atom is 0.355 e. The van der Waals surface area contributed by atoms with Gasteiger partial charge in [-0.05, 0) is 18.9 Å². The van der Waals surface area contributed by atoms with Gasteiger partial charge in [-0.2, -0.15) is 0 Å². The maximum absolute atomic E-state index is 13.9. The van der Waals surface area contributed by atoms with Crippen LogP contribution in [0.15, 0.2) is 36.5 Å². The summed E-state index contributed by atoms with van der Waals surface area (Å²) in [6.07, 6.45) is 2.82. The van der Waals surface area contributed by atoms with Gasteiger partial charge in [0, 0.05) is 31.3 Å². The summed E-state index contributed by atoms with van der Waals surface area (Å²) in [4.78, 5) is 36.3. The number of benzene rings is 1. The van der Waals surface area contributed by atoms with Gasteiger partial charge in [0.15, 0.2) is 6.61 Å². The fourth-order valence-corrected chi connectivity index (χ4v) is 2.75. The van der Waals surface area contributed by atoms with Crippen molar-refractivity contribution in [3.8, 4) is 0 Å². The molecule has 27 heavy (non-hydrogen) atoms. The molecule has 1 saturated carbocycles. The predicted molar refractivity (Wildman–Crippen MR) is 92.3 cm³/mol. The van der Waals surface area contributed by atoms with Crippen molar-refractivity contribution in [2.75, 3.05) is 6.61 Å². The molecule has 9 heteroatoms. The predicted octanol–water partition coefficient (Wildman–Crippen LogP) is 2.42. The lowest BCUT2D eigenvalue weighted by molar-refractivity contribution is -0.384. The van der Waals surface area contributed by atoms with E-state index in [-0.39, 0.29) is 24.0 Å². The molecule has 2 aromatic rings. The molecular weight excluding hydrogens is 357 g/mol. The first-order chi connectivity index (χ1) is 12.9. The Morgan fingerprint density at radius 3 is 2.67 bits per heavy atom. The summed E-state index contributed by atoms with van der Waals surface area (Å²) in [5.74, 6) is -1.66. The average molecular weight is 375 g/mol. The van der Waals surface area contributed by atoms with Crippen LogP contribution in [-0.2, 0) is 23.1 Å². The number of aryl methyl sites for hydroxylation is 1. The van der Waals surface area contributed by atoms with Gasteiger partial charge in [-0.25, -0.2) is 9.18 Å². The van der Waals surface area contributed by atoms with Gasteiger partial charge in [-0.3, -0.25) is 14.9 Å². The van der Waals surface area contributed by atoms with Gasteiger partial charge >= 0.3 is 5.97 Å². The Labute approximate surface area is 154 Å². The Kier molecular flexibility index (Phi) is 5.20. The summed E-state index contributed by atoms with van der Waals surface area (Å²) < 4.78 is 20.2. The highest BCUT2D eigenvalue weighted by atomic mass is 19.1. The molecule has 0 N–H and O–H groups in total. The molecule has 0 radical (unpaired) electrons. The second-order valence-electron chi connectivity index (χ2n) is 6.37. The van der Waals surface area contributed by atoms with Crippen molar-refractivity contribution in [3.05, 3.63) is 63.7 Å². The van der Waals surface area contributed by atoms with E-state index in [2.05, 4.69) is 0 Å². The van der Waals surface area contributed by atoms with Crippen molar-refractivity contribution in [1.82, 2.24) is 9.47 Å². The number of carbonyl (C=O) groups excluding carboxylic acids is 2. The highest BCUT2D eigenvalue weighted by Crippen LogP contribution is 2.29. The van der Waals surface area contributed by atoms with Gasteiger partial charge in [0.2, 0.25) is 0 Å². The number of halogens is 1. The van der Waals surface area contributed by atoms with E-state index in [1.54, 1.807) is 18.2 Å². The molecule has 0 spiro atoms. The first-order valence-corrected chi connectivity index (χ1v) is 8.37. The van der Waals surface area contributed by atoms with Gasteiger partial charge < -0.3 is 14.2 Å². The van der Waals surface area contributed by atoms with Gasteiger partial charge in [0.05, 0.1) is 11.1 Å². The Balaban J connectivity index is 1.64. The quantitative estimate of drug-likeness (QED) is 0.421. The molecule has 142 valence electrons. The van der Waals surface area contributed by atoms with Crippen LogP contribution in [0, 0.1) is 15.9 Å². The number of esters is 1. The lowest BCUT2D eigenvalue weighted by Crippen LogP contribution is -2.36. The lowest BCUT2D eigenvalue weighted by Gasteiger charge is -2.22. The molecule has 3 rings (SSSR count). The molecule has 0 saturated heterocycles. The lowest BCUT2D eigenvalue weighted by atomic mass is 10.2. The van der Waals surface area contributed by atoms with E-state index in [0.717, 1.165) is 18.9 Å². The third kappa shape index (κ3) is 4.30. The van der Waals surface area contributed by atoms with Crippen molar-refractivity contribution < 1.29 is 23.6 Å². The second-order valence-corrected chi connectivity index (χ2v) is 6.37. The van der Waals surface area contributed by atoms with Crippen molar-refractivity contribution >= 4 is 17.6 Å². The Morgan fingerprint density at radius 2 is 2.07 bits per heavy atom. The summed E-state index contributed by atoms with van der Waals surface area (Å²) in [7, 11) is 1.47. The molecule has 0 unspecified atom stereocenters. The zero-order valence-electron chi connectivity index (χ0n) is 14.6. The van der Waals surface area contributed by atoms with Crippen LogP contribution in [0.1, 0.15) is 28.9 Å². The summed E-state index contributed by atoms with van der Waals surface area (Å²) in [5, 5.41) is 10.8. The first kappa shape index (κ1) is 18.6. The summed E-state index contributed by atoms with van der Waals surface area (Å²) in [5.41, 5.74) is 0.124. The summed E-state index contributed by atoms with van der Waals surface area (Å²) in [6.45, 7) is -0.411. The monoisotopic (exact) mass is 375 g/mol. The average Bonchev–Trinajstić information content (AvgIpc) is 3.39. The Bertz CT molecular complexity index is 891. The van der Waals surface area contributed by atoms with Crippen LogP contribution >= 0.6 is 0 Å². The van der Waals surface area contributed by atoms with Crippen LogP contribution in [-0.4, -0.2) is 38.9 Å². The first-order valence-electron chi connectivity index (χ1n) is 8.37. The van der Waals surface area contributed by atoms with Crippen LogP contribution in [0.5, 0.6) is 0 Å². The molecule has 1 aromatic carbocycles. The molecule has 1 amide bonds. The number of hydrogen-bond acceptors (Lipinski definition) is 5. The number of amides is 1. The molecular formula is C18H18FN3O5. The number of ether oxygens (including phenoxy) is 1. The molecule has 1 aromatic heterocycles. The maximum atomic E-state index is 13.9. The number of carbonyl (C=O) groups is 2. The number of hydrogen-bond donors (Lipinski definition) is 0. The minimum absolute atomic E-state index is 0.00642. The summed E-state index contributed by atoms with van der Waals surface area (Å²) in [6, 6.07) is 7.29. The van der Waals surface area contributed by atoms with E-state index in [1.165, 1.54) is 28.8 Å². The van der Waals surface area contributed by atoms with Crippen molar-refractivity contribution in [2.45, 2.75) is 25.4 Å². The molecule has 1 aliphatic carbocycles. The third-order valence-corrected chi connectivity index (χ3v) is 4.34. The van der Waals surface area contributed by atoms with Crippen molar-refractivity contribution in [2.24, 2.45) is 7.05 Å². The minimum atomic E-state index is -0.833. The highest BCUT2D eigenvalue weighted by Gasteiger charge is 2.33.